The van der Waals surface area contributed by atoms with Crippen molar-refractivity contribution in [2.24, 2.45) is 11.7 Å². The van der Waals surface area contributed by atoms with Crippen molar-refractivity contribution in [3.8, 4) is 62.9 Å². The van der Waals surface area contributed by atoms with Crippen LogP contribution >= 0.6 is 23.2 Å². The molecule has 7 aliphatic rings. The van der Waals surface area contributed by atoms with Crippen LogP contribution < -0.4 is 83.4 Å². The van der Waals surface area contributed by atoms with Gasteiger partial charge in [0.1, 0.15) is 101 Å². The largest absolute Gasteiger partial charge is 0.573 e. The normalized spacial score (nSPS) is 25.9. The molecule has 0 aliphatic carbocycles. The zero-order chi connectivity index (χ0) is 91.4. The molecule has 7 heterocycles. The van der Waals surface area contributed by atoms with Gasteiger partial charge >= 0.3 is 6.36 Å². The average molecular weight is 1800 g/mol. The first-order valence-corrected chi connectivity index (χ1v) is 39.8. The Morgan fingerprint density at radius 2 is 1.33 bits per heavy atom. The van der Waals surface area contributed by atoms with Crippen LogP contribution in [0.2, 0.25) is 10.0 Å². The second-order valence-corrected chi connectivity index (χ2v) is 31.9. The number of aromatic hydroxyl groups is 3. The predicted octanol–water partition coefficient (Wildman–Crippen LogP) is 3.17. The highest BCUT2D eigenvalue weighted by atomic mass is 35.5. The van der Waals surface area contributed by atoms with Crippen molar-refractivity contribution >= 4 is 88.0 Å². The van der Waals surface area contributed by atoms with Crippen LogP contribution in [0, 0.1) is 5.92 Å². The van der Waals surface area contributed by atoms with Gasteiger partial charge in [-0.1, -0.05) is 67.4 Å². The Labute approximate surface area is 724 Å². The molecule has 0 spiro atoms. The van der Waals surface area contributed by atoms with Gasteiger partial charge in [0.15, 0.2) is 23.9 Å². The number of anilines is 1. The fourth-order valence-electron chi connectivity index (χ4n) is 14.9. The highest BCUT2D eigenvalue weighted by Gasteiger charge is 2.53. The third-order valence-corrected chi connectivity index (χ3v) is 21.9. The van der Waals surface area contributed by atoms with E-state index in [0.717, 1.165) is 104 Å². The number of phenols is 3. The Bertz CT molecular complexity index is 5350. The molecule has 672 valence electrons. The Balaban J connectivity index is 1.01. The van der Waals surface area contributed by atoms with Crippen molar-refractivity contribution in [2.45, 2.75) is 176 Å². The van der Waals surface area contributed by atoms with Crippen LogP contribution in [-0.4, -0.2) is 204 Å². The number of fused-ring (bicyclic) bond motifs is 15. The van der Waals surface area contributed by atoms with Gasteiger partial charge in [0, 0.05) is 53.9 Å². The fraction of sp³-hybridized carbons (Fsp3) is 0.373. The summed E-state index contributed by atoms with van der Waals surface area (Å²) in [5, 5.41) is 129. The van der Waals surface area contributed by atoms with Crippen LogP contribution in [0.1, 0.15) is 128 Å². The maximum Gasteiger partial charge on any atom is 0.573 e. The summed E-state index contributed by atoms with van der Waals surface area (Å²) in [4.78, 5) is 145. The number of alkyl halides is 3. The van der Waals surface area contributed by atoms with E-state index in [-0.39, 0.29) is 47.7 Å². The standard InChI is InChI=1S/C83H89Cl2F3N12O26/c1-33(2)20-49(90-6)74(113)97-64-66(107)39-13-18-53(47(84)23-39)121-55-25-41-26-56(70(55)125-81-71(69(110)68(109)57(32-101)123-81)124-59-30-82(5,72(111)34(3)120-59)91-31-36-8-7-9-42(21-36)92-73(112)37-10-15-44(16-11-37)126-83(86,87)88)122-54-19-14-40(24-48(54)85)67(108)65-79(118)96-63(80(119)100-99-35(4)102)46-27-43(103)28-52(105)60(46)45-22-38(12-17-51(45)104)61(76(115)98-65)95-77(116)62(41)94-75(114)50(29-58(89)106)93-78(64)117/h7-19,21-28,33-34,49-50,57,59,61-69,71-72,81,90-91,101,103-105,107-111H,20,29-32H2,1-6H3,(H2,89,106)(H,92,112)(H,93,117)(H,94,114)(H,95,116)(H,96,118)(H,97,113)(H,98,115)(H,99,102)(H,100,119)/t34-,49+,50-,57+,59-,61+,62+,63+,64+,65-,66+,67+,68+,69-,71+,72+,81?,82+/m0/s1. The Kier molecular flexibility index (Phi) is 28.6. The number of rotatable bonds is 19. The number of primary amides is 1. The third-order valence-electron chi connectivity index (χ3n) is 21.3. The number of phenolic OH excluding ortho intramolecular Hbond substituents is 3. The minimum absolute atomic E-state index is 0.0139. The molecule has 0 radical (unpaired) electrons. The molecule has 1 unspecified atom stereocenters. The summed E-state index contributed by atoms with van der Waals surface area (Å²) < 4.78 is 82.0. The number of ether oxygens (including phenoxy) is 7. The van der Waals surface area contributed by atoms with Crippen molar-refractivity contribution in [3.05, 3.63) is 176 Å². The first-order valence-electron chi connectivity index (χ1n) is 39.1. The topological polar surface area (TPSA) is 576 Å². The number of likely N-dealkylation sites (N-methyl/N-ethyl adjacent to an activating group) is 1. The Morgan fingerprint density at radius 3 is 1.94 bits per heavy atom. The molecule has 126 heavy (non-hydrogen) atoms. The molecule has 43 heteroatoms. The Hall–Kier alpha value is -12.2. The van der Waals surface area contributed by atoms with Crippen molar-refractivity contribution in [1.29, 1.82) is 0 Å². The maximum atomic E-state index is 16.3. The molecule has 14 rings (SSSR count). The molecular weight excluding hydrogens is 1710 g/mol. The van der Waals surface area contributed by atoms with E-state index in [2.05, 4.69) is 63.4 Å². The zero-order valence-electron chi connectivity index (χ0n) is 67.5. The van der Waals surface area contributed by atoms with Crippen LogP contribution in [0.4, 0.5) is 18.9 Å². The molecule has 11 bridgehead atoms. The maximum absolute atomic E-state index is 16.3. The monoisotopic (exact) mass is 1800 g/mol. The van der Waals surface area contributed by atoms with Gasteiger partial charge in [-0.15, -0.1) is 13.2 Å². The molecule has 2 fully saturated rings. The van der Waals surface area contributed by atoms with E-state index in [9.17, 15) is 83.1 Å². The van der Waals surface area contributed by atoms with E-state index < -0.39 is 277 Å². The number of hydrazine groups is 1. The molecule has 0 aromatic heterocycles. The van der Waals surface area contributed by atoms with E-state index in [1.165, 1.54) is 20.0 Å². The van der Waals surface area contributed by atoms with E-state index in [1.54, 1.807) is 45.0 Å². The summed E-state index contributed by atoms with van der Waals surface area (Å²) in [6.45, 7) is 6.60. The average Bonchev–Trinajstić information content (AvgIpc) is 0.764. The molecule has 7 aliphatic heterocycles. The Morgan fingerprint density at radius 1 is 0.690 bits per heavy atom. The van der Waals surface area contributed by atoms with Crippen molar-refractivity contribution < 1.29 is 140 Å². The first-order chi connectivity index (χ1) is 59.6. The van der Waals surface area contributed by atoms with E-state index in [1.807, 2.05) is 0 Å². The number of amides is 10. The summed E-state index contributed by atoms with van der Waals surface area (Å²) >= 11 is 14.3. The molecule has 10 amide bonds. The number of aliphatic hydroxyl groups is 6. The summed E-state index contributed by atoms with van der Waals surface area (Å²) in [5.74, 6) is -18.2. The molecule has 2 saturated heterocycles. The van der Waals surface area contributed by atoms with Gasteiger partial charge in [0.05, 0.1) is 41.3 Å². The molecular formula is C83H89Cl2F3N12O26. The lowest BCUT2D eigenvalue weighted by Gasteiger charge is -2.48. The van der Waals surface area contributed by atoms with Gasteiger partial charge in [0.25, 0.3) is 11.8 Å². The lowest BCUT2D eigenvalue weighted by atomic mass is 9.84. The molecule has 7 aromatic rings. The van der Waals surface area contributed by atoms with E-state index in [4.69, 9.17) is 57.4 Å². The van der Waals surface area contributed by atoms with Crippen LogP contribution in [0.15, 0.2) is 127 Å². The number of nitrogens with one attached hydrogen (secondary N) is 11. The smallest absolute Gasteiger partial charge is 0.508 e. The van der Waals surface area contributed by atoms with Gasteiger partial charge in [-0.3, -0.25) is 58.8 Å². The van der Waals surface area contributed by atoms with Gasteiger partial charge in [-0.2, -0.15) is 0 Å². The molecule has 22 N–H and O–H groups in total. The molecule has 0 saturated carbocycles. The van der Waals surface area contributed by atoms with E-state index >= 15 is 24.0 Å². The minimum Gasteiger partial charge on any atom is -0.508 e. The van der Waals surface area contributed by atoms with Gasteiger partial charge in [-0.25, -0.2) is 0 Å². The lowest BCUT2D eigenvalue weighted by Crippen LogP contribution is -2.65. The first kappa shape index (κ1) is 92.9. The van der Waals surface area contributed by atoms with Gasteiger partial charge < -0.3 is 133 Å². The minimum atomic E-state index is -4.98. The van der Waals surface area contributed by atoms with E-state index in [0.29, 0.717) is 5.56 Å². The number of nitrogens with two attached hydrogens (primary N) is 1. The summed E-state index contributed by atoms with van der Waals surface area (Å²) in [5.41, 5.74) is 6.29. The quantitative estimate of drug-likeness (QED) is 0.0517. The van der Waals surface area contributed by atoms with Crippen molar-refractivity contribution in [2.75, 3.05) is 19.0 Å². The van der Waals surface area contributed by atoms with Crippen LogP contribution in [0.25, 0.3) is 11.1 Å². The van der Waals surface area contributed by atoms with Gasteiger partial charge in [0.2, 0.25) is 59.3 Å². The number of benzene rings is 7. The summed E-state index contributed by atoms with van der Waals surface area (Å²) in [6.07, 6.45) is -24.8. The number of aliphatic hydroxyl groups excluding tert-OH is 6. The molecule has 7 aromatic carbocycles. The van der Waals surface area contributed by atoms with Crippen LogP contribution in [0.5, 0.6) is 51.7 Å². The fourth-order valence-corrected chi connectivity index (χ4v) is 15.4. The predicted molar refractivity (Wildman–Crippen MR) is 434 cm³/mol. The van der Waals surface area contributed by atoms with Gasteiger partial charge in [-0.05, 0) is 158 Å². The van der Waals surface area contributed by atoms with Crippen LogP contribution in [0.3, 0.4) is 0 Å². The lowest BCUT2D eigenvalue weighted by molar-refractivity contribution is -0.334. The number of carbonyl (C=O) groups is 10. The summed E-state index contributed by atoms with van der Waals surface area (Å²) in [7, 11) is 1.46. The second-order valence-electron chi connectivity index (χ2n) is 31.0. The molecule has 38 nitrogen and oxygen atoms in total. The molecule has 18 atom stereocenters. The SMILES string of the molecule is CN[C@H](CC(C)C)C(=O)N[C@H]1C(=O)N[C@@H](CC(N)=O)C(=O)N[C@H]2C(=O)N[C@H]3C(=O)N[C@H](C(=O)N[C@@H](C(=O)NNC(C)=O)c4cc(O)cc(O)c4-c4cc3ccc4O)[C@H](O)c3ccc(c(Cl)c3)Oc3cc2cc(c3OC2O[C@H](CO)[C@@H](O)[C@H](O)[C@H]2O[C@H]2C[C@@](C)(NCc3cccc(NC(=O)c4ccc(OC(F)(F)F)cc4)c3)[C@H](O)[C@H](C)O2)Oc2ccc(cc2Cl)[C@H]1O. The number of carbonyl (C=O) groups excluding carboxylic acids is 10. The number of hydrogen-bond acceptors (Lipinski definition) is 28. The van der Waals surface area contributed by atoms with Crippen LogP contribution in [-0.2, 0) is 63.9 Å². The van der Waals surface area contributed by atoms with Crippen molar-refractivity contribution in [3.63, 3.8) is 0 Å². The third kappa shape index (κ3) is 21.3. The zero-order valence-corrected chi connectivity index (χ0v) is 69.0. The number of halogens is 5. The second kappa shape index (κ2) is 38.7. The number of hydrogen-bond donors (Lipinski definition) is 21. The summed E-state index contributed by atoms with van der Waals surface area (Å²) in [6, 6.07) is 9.45. The van der Waals surface area contributed by atoms with Crippen molar-refractivity contribution in [1.82, 2.24) is 53.4 Å². The highest BCUT2D eigenvalue weighted by Crippen LogP contribution is 2.50. The highest BCUT2D eigenvalue weighted by molar-refractivity contribution is 6.32.